The van der Waals surface area contributed by atoms with Gasteiger partial charge in [-0.15, -0.1) is 0 Å². The molecule has 9 heteroatoms. The van der Waals surface area contributed by atoms with E-state index < -0.39 is 6.04 Å². The van der Waals surface area contributed by atoms with Crippen LogP contribution >= 0.6 is 0 Å². The highest BCUT2D eigenvalue weighted by Crippen LogP contribution is 2.43. The van der Waals surface area contributed by atoms with Gasteiger partial charge in [0.25, 0.3) is 5.89 Å². The van der Waals surface area contributed by atoms with Gasteiger partial charge in [-0.3, -0.25) is 9.59 Å². The van der Waals surface area contributed by atoms with Crippen molar-refractivity contribution < 1.29 is 14.1 Å². The Morgan fingerprint density at radius 3 is 2.81 bits per heavy atom. The van der Waals surface area contributed by atoms with Crippen LogP contribution in [0.2, 0.25) is 0 Å². The molecule has 4 atom stereocenters. The van der Waals surface area contributed by atoms with Gasteiger partial charge in [-0.05, 0) is 44.2 Å². The number of carbonyl (C=O) groups excluding carboxylic acids is 2. The zero-order chi connectivity index (χ0) is 21.7. The summed E-state index contributed by atoms with van der Waals surface area (Å²) in [6.07, 6.45) is 5.13. The van der Waals surface area contributed by atoms with Gasteiger partial charge >= 0.3 is 0 Å². The first-order valence-electron chi connectivity index (χ1n) is 11.0. The Labute approximate surface area is 181 Å². The van der Waals surface area contributed by atoms with Gasteiger partial charge in [-0.2, -0.15) is 4.98 Å². The smallest absolute Gasteiger partial charge is 0.258 e. The summed E-state index contributed by atoms with van der Waals surface area (Å²) in [7, 11) is 3.55. The molecule has 0 radical (unpaired) electrons. The lowest BCUT2D eigenvalue weighted by Gasteiger charge is -2.56. The van der Waals surface area contributed by atoms with E-state index in [9.17, 15) is 9.59 Å². The molecule has 2 bridgehead atoms. The molecule has 0 spiro atoms. The molecule has 2 aromatic rings. The molecular formula is C22H28N6O3. The normalized spacial score (nSPS) is 27.8. The zero-order valence-corrected chi connectivity index (χ0v) is 18.2. The first-order valence-corrected chi connectivity index (χ1v) is 11.0. The Morgan fingerprint density at radius 2 is 2.06 bits per heavy atom. The van der Waals surface area contributed by atoms with Crippen molar-refractivity contribution in [1.29, 1.82) is 0 Å². The van der Waals surface area contributed by atoms with Gasteiger partial charge < -0.3 is 19.2 Å². The van der Waals surface area contributed by atoms with Gasteiger partial charge in [0, 0.05) is 57.3 Å². The summed E-state index contributed by atoms with van der Waals surface area (Å²) < 4.78 is 5.32. The van der Waals surface area contributed by atoms with E-state index in [1.54, 1.807) is 32.1 Å². The van der Waals surface area contributed by atoms with Crippen LogP contribution < -0.4 is 4.90 Å². The lowest BCUT2D eigenvalue weighted by molar-refractivity contribution is -0.159. The van der Waals surface area contributed by atoms with E-state index in [0.29, 0.717) is 30.6 Å². The van der Waals surface area contributed by atoms with E-state index in [2.05, 4.69) is 20.0 Å². The van der Waals surface area contributed by atoms with Crippen molar-refractivity contribution in [3.63, 3.8) is 0 Å². The number of rotatable bonds is 3. The van der Waals surface area contributed by atoms with Crippen LogP contribution in [-0.2, 0) is 9.59 Å². The van der Waals surface area contributed by atoms with Crippen molar-refractivity contribution in [2.75, 3.05) is 32.1 Å². The number of fused-ring (bicyclic) bond motifs is 4. The quantitative estimate of drug-likeness (QED) is 0.740. The number of amides is 2. The van der Waals surface area contributed by atoms with Crippen molar-refractivity contribution in [3.05, 3.63) is 24.2 Å². The maximum Gasteiger partial charge on any atom is 0.258 e. The fraction of sp³-hybridized carbons (Fsp3) is 0.591. The Hall–Kier alpha value is -2.97. The Kier molecular flexibility index (Phi) is 4.91. The fourth-order valence-corrected chi connectivity index (χ4v) is 5.56. The van der Waals surface area contributed by atoms with E-state index in [0.717, 1.165) is 37.2 Å². The summed E-state index contributed by atoms with van der Waals surface area (Å²) in [5, 5.41) is 3.88. The average Bonchev–Trinajstić information content (AvgIpc) is 3.20. The highest BCUT2D eigenvalue weighted by atomic mass is 16.5. The van der Waals surface area contributed by atoms with Crippen LogP contribution in [0.15, 0.2) is 22.9 Å². The molecule has 2 aromatic heterocycles. The highest BCUT2D eigenvalue weighted by molar-refractivity contribution is 5.89. The summed E-state index contributed by atoms with van der Waals surface area (Å²) in [4.78, 5) is 40.8. The fourth-order valence-electron chi connectivity index (χ4n) is 5.56. The minimum atomic E-state index is -0.395. The Morgan fingerprint density at radius 1 is 1.26 bits per heavy atom. The minimum Gasteiger partial charge on any atom is -0.356 e. The number of aryl methyl sites for hydroxylation is 1. The van der Waals surface area contributed by atoms with Crippen LogP contribution in [0.3, 0.4) is 0 Å². The molecule has 2 amide bonds. The molecule has 5 rings (SSSR count). The number of nitrogens with zero attached hydrogens (tertiary/aromatic N) is 6. The molecule has 0 aromatic carbocycles. The summed E-state index contributed by atoms with van der Waals surface area (Å²) in [6.45, 7) is 3.31. The second kappa shape index (κ2) is 7.62. The van der Waals surface area contributed by atoms with Crippen LogP contribution in [-0.4, -0.2) is 76.0 Å². The molecule has 3 aliphatic rings. The second-order valence-electron chi connectivity index (χ2n) is 9.15. The number of hydrogen-bond acceptors (Lipinski definition) is 7. The first-order chi connectivity index (χ1) is 14.9. The number of pyridine rings is 1. The molecule has 5 heterocycles. The molecule has 0 saturated carbocycles. The lowest BCUT2D eigenvalue weighted by Crippen LogP contribution is -2.68. The summed E-state index contributed by atoms with van der Waals surface area (Å²) in [5.41, 5.74) is 0.830. The lowest BCUT2D eigenvalue weighted by atomic mass is 9.71. The van der Waals surface area contributed by atoms with Crippen molar-refractivity contribution in [2.45, 2.75) is 44.7 Å². The molecular weight excluding hydrogens is 396 g/mol. The van der Waals surface area contributed by atoms with Crippen LogP contribution in [0.1, 0.15) is 31.5 Å². The van der Waals surface area contributed by atoms with E-state index in [1.807, 2.05) is 17.0 Å². The zero-order valence-electron chi connectivity index (χ0n) is 18.2. The van der Waals surface area contributed by atoms with Crippen molar-refractivity contribution in [2.24, 2.45) is 11.8 Å². The molecule has 0 N–H and O–H groups in total. The largest absolute Gasteiger partial charge is 0.356 e. The van der Waals surface area contributed by atoms with Crippen molar-refractivity contribution >= 4 is 17.6 Å². The third-order valence-electron chi connectivity index (χ3n) is 6.88. The predicted molar refractivity (Wildman–Crippen MR) is 113 cm³/mol. The third kappa shape index (κ3) is 3.45. The molecule has 164 valence electrons. The van der Waals surface area contributed by atoms with Gasteiger partial charge in [-0.25, -0.2) is 4.98 Å². The Bertz CT molecular complexity index is 1000. The number of anilines is 1. The summed E-state index contributed by atoms with van der Waals surface area (Å²) in [5.74, 6) is 2.49. The molecule has 0 unspecified atom stereocenters. The van der Waals surface area contributed by atoms with Gasteiger partial charge in [0.2, 0.25) is 11.8 Å². The second-order valence-corrected chi connectivity index (χ2v) is 9.15. The van der Waals surface area contributed by atoms with E-state index in [-0.39, 0.29) is 23.8 Å². The maximum atomic E-state index is 13.2. The maximum absolute atomic E-state index is 13.2. The van der Waals surface area contributed by atoms with E-state index in [4.69, 9.17) is 4.52 Å². The topological polar surface area (TPSA) is 95.7 Å². The highest BCUT2D eigenvalue weighted by Gasteiger charge is 2.52. The monoisotopic (exact) mass is 424 g/mol. The number of hydrogen-bond donors (Lipinski definition) is 0. The van der Waals surface area contributed by atoms with Gasteiger partial charge in [0.1, 0.15) is 11.9 Å². The summed E-state index contributed by atoms with van der Waals surface area (Å²) in [6, 6.07) is 3.56. The summed E-state index contributed by atoms with van der Waals surface area (Å²) >= 11 is 0. The number of aromatic nitrogens is 3. The number of piperidine rings is 3. The standard InChI is InChI=1S/C22H28N6O3/c1-13-24-21(31-25-13)14-7-8-23-18(10-14)27-11-15-9-16(12-27)20(22(30)26(2)3)28-17(15)5-4-6-19(28)29/h7-8,10,15-17,20H,4-6,9,11-12H2,1-3H3/t15-,16+,17+,20-/m1/s1. The SMILES string of the molecule is Cc1noc(-c2ccnc(N3C[C@H]4C[C@@H](C3)[C@H](C(=O)N(C)C)N3C(=O)CCC[C@@H]43)c2)n1. The third-order valence-corrected chi connectivity index (χ3v) is 6.88. The van der Waals surface area contributed by atoms with Crippen LogP contribution in [0.4, 0.5) is 5.82 Å². The van der Waals surface area contributed by atoms with Gasteiger partial charge in [0.05, 0.1) is 0 Å². The van der Waals surface area contributed by atoms with Crippen molar-refractivity contribution in [3.8, 4) is 11.5 Å². The van der Waals surface area contributed by atoms with Gasteiger partial charge in [-0.1, -0.05) is 5.16 Å². The minimum absolute atomic E-state index is 0.0218. The van der Waals surface area contributed by atoms with Crippen LogP contribution in [0.25, 0.3) is 11.5 Å². The van der Waals surface area contributed by atoms with Crippen LogP contribution in [0.5, 0.6) is 0 Å². The Balaban J connectivity index is 1.47. The van der Waals surface area contributed by atoms with E-state index >= 15 is 0 Å². The van der Waals surface area contributed by atoms with Crippen LogP contribution in [0, 0.1) is 18.8 Å². The molecule has 31 heavy (non-hydrogen) atoms. The molecule has 0 aliphatic carbocycles. The average molecular weight is 425 g/mol. The number of carbonyl (C=O) groups is 2. The van der Waals surface area contributed by atoms with Gasteiger partial charge in [0.15, 0.2) is 5.82 Å². The van der Waals surface area contributed by atoms with Crippen molar-refractivity contribution in [1.82, 2.24) is 24.9 Å². The molecule has 9 nitrogen and oxygen atoms in total. The predicted octanol–water partition coefficient (Wildman–Crippen LogP) is 1.73. The molecule has 3 aliphatic heterocycles. The first kappa shape index (κ1) is 20.0. The van der Waals surface area contributed by atoms with E-state index in [1.165, 1.54) is 0 Å². The number of likely N-dealkylation sites (N-methyl/N-ethyl adjacent to an activating group) is 1. The molecule has 3 saturated heterocycles. The molecule has 3 fully saturated rings.